The fourth-order valence-electron chi connectivity index (χ4n) is 4.29. The lowest BCUT2D eigenvalue weighted by Gasteiger charge is -2.40. The average molecular weight is 501 g/mol. The van der Waals surface area contributed by atoms with E-state index in [4.69, 9.17) is 18.9 Å². The van der Waals surface area contributed by atoms with Crippen molar-refractivity contribution >= 4 is 6.08 Å². The molecule has 1 aliphatic heterocycles. The molecule has 0 bridgehead atoms. The van der Waals surface area contributed by atoms with Crippen LogP contribution in [0, 0.1) is 5.41 Å². The van der Waals surface area contributed by atoms with Gasteiger partial charge in [0.1, 0.15) is 11.5 Å². The molecule has 0 atom stereocenters. The fraction of sp³-hybridized carbons (Fsp3) is 0.394. The summed E-state index contributed by atoms with van der Waals surface area (Å²) < 4.78 is 23.1. The van der Waals surface area contributed by atoms with Crippen LogP contribution in [0.2, 0.25) is 0 Å². The van der Waals surface area contributed by atoms with Crippen LogP contribution in [0.5, 0.6) is 11.5 Å². The molecule has 4 heteroatoms. The molecular formula is C33H40O4. The maximum atomic E-state index is 6.02. The number of rotatable bonds is 16. The average Bonchev–Trinajstić information content (AvgIpc) is 2.93. The minimum atomic E-state index is 0.197. The lowest BCUT2D eigenvalue weighted by molar-refractivity contribution is -0.133. The van der Waals surface area contributed by atoms with Crippen molar-refractivity contribution in [3.63, 3.8) is 0 Å². The van der Waals surface area contributed by atoms with E-state index in [1.807, 2.05) is 18.2 Å². The van der Waals surface area contributed by atoms with Crippen molar-refractivity contribution in [2.45, 2.75) is 45.6 Å². The van der Waals surface area contributed by atoms with Gasteiger partial charge in [0.2, 0.25) is 0 Å². The first-order valence-electron chi connectivity index (χ1n) is 13.5. The Morgan fingerprint density at radius 2 is 1.35 bits per heavy atom. The quantitative estimate of drug-likeness (QED) is 0.187. The van der Waals surface area contributed by atoms with Crippen LogP contribution in [0.4, 0.5) is 0 Å². The summed E-state index contributed by atoms with van der Waals surface area (Å²) in [5, 5.41) is 0. The first-order chi connectivity index (χ1) is 18.2. The number of benzene rings is 3. The molecule has 3 aromatic rings. The van der Waals surface area contributed by atoms with Crippen molar-refractivity contribution in [3.8, 4) is 22.6 Å². The summed E-state index contributed by atoms with van der Waals surface area (Å²) in [6, 6.07) is 25.0. The van der Waals surface area contributed by atoms with Crippen LogP contribution in [-0.4, -0.2) is 33.0 Å². The number of ether oxygens (including phenoxy) is 4. The summed E-state index contributed by atoms with van der Waals surface area (Å²) >= 11 is 0. The molecule has 0 aromatic heterocycles. The molecule has 0 radical (unpaired) electrons. The number of hydrogen-bond acceptors (Lipinski definition) is 4. The monoisotopic (exact) mass is 500 g/mol. The molecule has 1 aliphatic rings. The van der Waals surface area contributed by atoms with Gasteiger partial charge in [0.05, 0.1) is 38.4 Å². The largest absolute Gasteiger partial charge is 0.494 e. The van der Waals surface area contributed by atoms with Gasteiger partial charge in [-0.3, -0.25) is 0 Å². The minimum Gasteiger partial charge on any atom is -0.494 e. The molecule has 4 nitrogen and oxygen atoms in total. The summed E-state index contributed by atoms with van der Waals surface area (Å²) in [7, 11) is 0. The number of unbranched alkanes of at least 4 members (excludes halogenated alkanes) is 3. The highest BCUT2D eigenvalue weighted by Gasteiger charge is 2.37. The van der Waals surface area contributed by atoms with E-state index in [1.165, 1.54) is 16.7 Å². The molecule has 196 valence electrons. The zero-order valence-electron chi connectivity index (χ0n) is 22.1. The highest BCUT2D eigenvalue weighted by molar-refractivity contribution is 5.64. The van der Waals surface area contributed by atoms with Gasteiger partial charge in [-0.05, 0) is 72.2 Å². The van der Waals surface area contributed by atoms with Crippen molar-refractivity contribution in [2.24, 2.45) is 5.41 Å². The van der Waals surface area contributed by atoms with E-state index in [0.29, 0.717) is 13.2 Å². The van der Waals surface area contributed by atoms with E-state index < -0.39 is 0 Å². The molecule has 0 amide bonds. The zero-order chi connectivity index (χ0) is 25.8. The molecule has 1 heterocycles. The fourth-order valence-corrected chi connectivity index (χ4v) is 4.29. The van der Waals surface area contributed by atoms with Gasteiger partial charge >= 0.3 is 0 Å². The smallest absolute Gasteiger partial charge is 0.119 e. The van der Waals surface area contributed by atoms with Crippen molar-refractivity contribution in [1.29, 1.82) is 0 Å². The summed E-state index contributed by atoms with van der Waals surface area (Å²) in [6.45, 7) is 10.5. The van der Waals surface area contributed by atoms with Crippen LogP contribution in [0.25, 0.3) is 17.2 Å². The Morgan fingerprint density at radius 3 is 1.89 bits per heavy atom. The predicted octanol–water partition coefficient (Wildman–Crippen LogP) is 7.96. The van der Waals surface area contributed by atoms with Crippen LogP contribution in [0.15, 0.2) is 79.4 Å². The van der Waals surface area contributed by atoms with Crippen LogP contribution >= 0.6 is 0 Å². The summed E-state index contributed by atoms with van der Waals surface area (Å²) in [5.74, 6) is 1.83. The minimum absolute atomic E-state index is 0.197. The molecule has 0 spiro atoms. The Labute approximate surface area is 222 Å². The normalized spacial score (nSPS) is 14.1. The van der Waals surface area contributed by atoms with Gasteiger partial charge in [0.25, 0.3) is 0 Å². The second kappa shape index (κ2) is 14.0. The molecule has 0 aliphatic carbocycles. The third-order valence-electron chi connectivity index (χ3n) is 7.09. The maximum absolute atomic E-state index is 6.02. The molecular weight excluding hydrogens is 460 g/mol. The van der Waals surface area contributed by atoms with Gasteiger partial charge in [-0.1, -0.05) is 74.5 Å². The van der Waals surface area contributed by atoms with Crippen molar-refractivity contribution < 1.29 is 18.9 Å². The van der Waals surface area contributed by atoms with Gasteiger partial charge in [0, 0.05) is 6.61 Å². The Morgan fingerprint density at radius 1 is 0.757 bits per heavy atom. The van der Waals surface area contributed by atoms with Gasteiger partial charge in [-0.15, -0.1) is 0 Å². The summed E-state index contributed by atoms with van der Waals surface area (Å²) in [6.07, 6.45) is 7.38. The third kappa shape index (κ3) is 8.21. The first kappa shape index (κ1) is 27.0. The second-order valence-corrected chi connectivity index (χ2v) is 9.94. The Bertz CT molecular complexity index is 1060. The standard InChI is InChI=1S/C33H40O4/c1-3-27-9-11-28(12-10-27)23-34-21-7-5-6-8-22-36-31-17-13-29(14-18-31)30-15-19-32(20-16-30)37-26-33(4-2)24-35-25-33/h3,9-20H,1,4-8,21-26H2,2H3. The van der Waals surface area contributed by atoms with E-state index in [2.05, 4.69) is 74.2 Å². The van der Waals surface area contributed by atoms with Gasteiger partial charge in [-0.25, -0.2) is 0 Å². The Balaban J connectivity index is 1.07. The molecule has 1 fully saturated rings. The topological polar surface area (TPSA) is 36.9 Å². The van der Waals surface area contributed by atoms with E-state index >= 15 is 0 Å². The molecule has 0 saturated carbocycles. The van der Waals surface area contributed by atoms with Gasteiger partial charge in [-0.2, -0.15) is 0 Å². The third-order valence-corrected chi connectivity index (χ3v) is 7.09. The van der Waals surface area contributed by atoms with Crippen LogP contribution in [0.3, 0.4) is 0 Å². The van der Waals surface area contributed by atoms with E-state index in [1.54, 1.807) is 0 Å². The Hall–Kier alpha value is -3.08. The van der Waals surface area contributed by atoms with Crippen LogP contribution in [-0.2, 0) is 16.1 Å². The number of hydrogen-bond donors (Lipinski definition) is 0. The van der Waals surface area contributed by atoms with Gasteiger partial charge in [0.15, 0.2) is 0 Å². The molecule has 37 heavy (non-hydrogen) atoms. The molecule has 0 N–H and O–H groups in total. The van der Waals surface area contributed by atoms with E-state index in [9.17, 15) is 0 Å². The molecule has 4 rings (SSSR count). The summed E-state index contributed by atoms with van der Waals surface area (Å²) in [4.78, 5) is 0. The van der Waals surface area contributed by atoms with Gasteiger partial charge < -0.3 is 18.9 Å². The van der Waals surface area contributed by atoms with Crippen LogP contribution < -0.4 is 9.47 Å². The van der Waals surface area contributed by atoms with Crippen molar-refractivity contribution in [1.82, 2.24) is 0 Å². The van der Waals surface area contributed by atoms with E-state index in [0.717, 1.165) is 75.6 Å². The zero-order valence-corrected chi connectivity index (χ0v) is 22.1. The molecule has 1 saturated heterocycles. The molecule has 3 aromatic carbocycles. The van der Waals surface area contributed by atoms with Crippen molar-refractivity contribution in [3.05, 3.63) is 90.5 Å². The SMILES string of the molecule is C=Cc1ccc(COCCCCCCOc2ccc(-c3ccc(OCC4(CC)COC4)cc3)cc2)cc1. The lowest BCUT2D eigenvalue weighted by atomic mass is 9.84. The highest BCUT2D eigenvalue weighted by atomic mass is 16.5. The van der Waals surface area contributed by atoms with E-state index in [-0.39, 0.29) is 5.41 Å². The first-order valence-corrected chi connectivity index (χ1v) is 13.5. The Kier molecular flexibility index (Phi) is 10.2. The van der Waals surface area contributed by atoms with Crippen LogP contribution in [0.1, 0.15) is 50.2 Å². The maximum Gasteiger partial charge on any atom is 0.119 e. The van der Waals surface area contributed by atoms with Crippen molar-refractivity contribution in [2.75, 3.05) is 33.0 Å². The predicted molar refractivity (Wildman–Crippen MR) is 151 cm³/mol. The highest BCUT2D eigenvalue weighted by Crippen LogP contribution is 2.32. The lowest BCUT2D eigenvalue weighted by Crippen LogP contribution is -2.46. The second-order valence-electron chi connectivity index (χ2n) is 9.94. The molecule has 0 unspecified atom stereocenters. The summed E-state index contributed by atoms with van der Waals surface area (Å²) in [5.41, 5.74) is 4.89.